The van der Waals surface area contributed by atoms with E-state index in [0.717, 1.165) is 8.66 Å². The molecule has 2 unspecified atom stereocenters. The maximum atomic E-state index is 11.1. The third-order valence-electron chi connectivity index (χ3n) is 3.59. The average Bonchev–Trinajstić information content (AvgIpc) is 2.76. The van der Waals surface area contributed by atoms with Crippen molar-refractivity contribution in [1.29, 1.82) is 0 Å². The second kappa shape index (κ2) is 4.14. The molecule has 7 heteroatoms. The van der Waals surface area contributed by atoms with Crippen molar-refractivity contribution in [2.75, 3.05) is 0 Å². The number of thiophene rings is 1. The number of hydrogen-bond donors (Lipinski definition) is 1. The number of rotatable bonds is 3. The number of nitrogens with zero attached hydrogens (tertiary/aromatic N) is 2. The average molecular weight is 343 g/mol. The first kappa shape index (κ1) is 12.8. The zero-order valence-corrected chi connectivity index (χ0v) is 12.7. The van der Waals surface area contributed by atoms with Gasteiger partial charge in [-0.3, -0.25) is 4.79 Å². The van der Waals surface area contributed by atoms with Gasteiger partial charge in [0.1, 0.15) is 0 Å². The molecule has 0 spiro atoms. The fourth-order valence-electron chi connectivity index (χ4n) is 2.46. The zero-order valence-electron chi connectivity index (χ0n) is 10.3. The van der Waals surface area contributed by atoms with Crippen LogP contribution in [0.3, 0.4) is 0 Å². The Labute approximate surface area is 121 Å². The van der Waals surface area contributed by atoms with E-state index in [1.165, 1.54) is 11.3 Å². The molecule has 2 aromatic heterocycles. The monoisotopic (exact) mass is 342 g/mol. The number of carbonyl (C=O) groups is 1. The van der Waals surface area contributed by atoms with Gasteiger partial charge >= 0.3 is 5.97 Å². The second-order valence-corrected chi connectivity index (χ2v) is 7.64. The van der Waals surface area contributed by atoms with E-state index in [9.17, 15) is 4.79 Å². The molecule has 2 atom stereocenters. The van der Waals surface area contributed by atoms with Crippen LogP contribution >= 0.6 is 27.3 Å². The first-order valence-electron chi connectivity index (χ1n) is 5.73. The lowest BCUT2D eigenvalue weighted by molar-refractivity contribution is -0.139. The van der Waals surface area contributed by atoms with E-state index in [1.54, 1.807) is 0 Å². The van der Waals surface area contributed by atoms with Gasteiger partial charge in [-0.2, -0.15) is 4.98 Å². The number of halogens is 1. The lowest BCUT2D eigenvalue weighted by Gasteiger charge is -1.96. The van der Waals surface area contributed by atoms with Crippen LogP contribution in [0.1, 0.15) is 25.7 Å². The normalized spacial score (nSPS) is 24.4. The number of aromatic nitrogens is 2. The molecule has 0 aromatic carbocycles. The van der Waals surface area contributed by atoms with Crippen molar-refractivity contribution >= 4 is 33.2 Å². The van der Waals surface area contributed by atoms with E-state index in [-0.39, 0.29) is 11.3 Å². The van der Waals surface area contributed by atoms with Crippen molar-refractivity contribution < 1.29 is 14.4 Å². The summed E-state index contributed by atoms with van der Waals surface area (Å²) in [4.78, 5) is 16.4. The summed E-state index contributed by atoms with van der Waals surface area (Å²) < 4.78 is 6.23. The molecule has 2 heterocycles. The van der Waals surface area contributed by atoms with E-state index >= 15 is 0 Å². The molecular weight excluding hydrogens is 332 g/mol. The summed E-state index contributed by atoms with van der Waals surface area (Å²) in [6.45, 7) is 3.81. The summed E-state index contributed by atoms with van der Waals surface area (Å²) in [7, 11) is 0. The molecule has 1 aliphatic rings. The van der Waals surface area contributed by atoms with Crippen LogP contribution in [0.5, 0.6) is 0 Å². The minimum Gasteiger partial charge on any atom is -0.481 e. The lowest BCUT2D eigenvalue weighted by atomic mass is 10.1. The number of aliphatic carboxylic acids is 1. The molecule has 5 nitrogen and oxygen atoms in total. The molecule has 19 heavy (non-hydrogen) atoms. The van der Waals surface area contributed by atoms with E-state index in [0.29, 0.717) is 11.7 Å². The molecule has 1 saturated carbocycles. The summed E-state index contributed by atoms with van der Waals surface area (Å²) in [5.74, 6) is -0.534. The molecule has 1 fully saturated rings. The van der Waals surface area contributed by atoms with Gasteiger partial charge in [0.25, 0.3) is 0 Å². The van der Waals surface area contributed by atoms with Gasteiger partial charge < -0.3 is 9.63 Å². The topological polar surface area (TPSA) is 76.2 Å². The highest BCUT2D eigenvalue weighted by Gasteiger charge is 2.65. The summed E-state index contributed by atoms with van der Waals surface area (Å²) in [6.07, 6.45) is 0. The van der Waals surface area contributed by atoms with Crippen LogP contribution in [0.15, 0.2) is 20.4 Å². The van der Waals surface area contributed by atoms with Crippen LogP contribution in [-0.2, 0) is 4.79 Å². The van der Waals surface area contributed by atoms with Crippen molar-refractivity contribution in [3.63, 3.8) is 0 Å². The summed E-state index contributed by atoms with van der Waals surface area (Å²) in [5, 5.41) is 13.1. The van der Waals surface area contributed by atoms with Gasteiger partial charge in [-0.15, -0.1) is 11.3 Å². The van der Waals surface area contributed by atoms with Crippen molar-refractivity contribution in [3.8, 4) is 10.7 Å². The second-order valence-electron chi connectivity index (χ2n) is 5.17. The molecule has 1 aliphatic carbocycles. The Morgan fingerprint density at radius 3 is 2.79 bits per heavy atom. The predicted octanol–water partition coefficient (Wildman–Crippen LogP) is 3.38. The minimum atomic E-state index is -0.811. The number of hydrogen-bond acceptors (Lipinski definition) is 5. The van der Waals surface area contributed by atoms with Crippen molar-refractivity contribution in [2.24, 2.45) is 11.3 Å². The SMILES string of the molecule is CC1(C)C(C(=O)O)C1c1nc(-c2ccc(Br)s2)no1. The van der Waals surface area contributed by atoms with Gasteiger partial charge in [-0.05, 0) is 33.5 Å². The van der Waals surface area contributed by atoms with Gasteiger partial charge in [0.05, 0.1) is 20.5 Å². The molecule has 0 radical (unpaired) electrons. The first-order valence-corrected chi connectivity index (χ1v) is 7.34. The van der Waals surface area contributed by atoms with Crippen LogP contribution in [0, 0.1) is 11.3 Å². The molecule has 0 bridgehead atoms. The third kappa shape index (κ3) is 2.01. The van der Waals surface area contributed by atoms with Crippen molar-refractivity contribution in [2.45, 2.75) is 19.8 Å². The highest BCUT2D eigenvalue weighted by atomic mass is 79.9. The Morgan fingerprint density at radius 2 is 2.26 bits per heavy atom. The molecule has 1 N–H and O–H groups in total. The summed E-state index contributed by atoms with van der Waals surface area (Å²) in [5.41, 5.74) is -0.328. The van der Waals surface area contributed by atoms with E-state index in [4.69, 9.17) is 9.63 Å². The predicted molar refractivity (Wildman–Crippen MR) is 73.0 cm³/mol. The van der Waals surface area contributed by atoms with Crippen LogP contribution in [0.2, 0.25) is 0 Å². The molecule has 3 rings (SSSR count). The summed E-state index contributed by atoms with van der Waals surface area (Å²) >= 11 is 4.89. The maximum absolute atomic E-state index is 11.1. The maximum Gasteiger partial charge on any atom is 0.307 e. The Morgan fingerprint density at radius 1 is 1.53 bits per heavy atom. The summed E-state index contributed by atoms with van der Waals surface area (Å²) in [6, 6.07) is 3.81. The van der Waals surface area contributed by atoms with Crippen LogP contribution in [0.4, 0.5) is 0 Å². The number of carboxylic acids is 1. The van der Waals surface area contributed by atoms with Gasteiger partial charge in [-0.25, -0.2) is 0 Å². The van der Waals surface area contributed by atoms with Gasteiger partial charge in [0.2, 0.25) is 11.7 Å². The van der Waals surface area contributed by atoms with Crippen LogP contribution < -0.4 is 0 Å². The third-order valence-corrected chi connectivity index (χ3v) is 5.21. The molecule has 0 aliphatic heterocycles. The van der Waals surface area contributed by atoms with Gasteiger partial charge in [0, 0.05) is 0 Å². The lowest BCUT2D eigenvalue weighted by Crippen LogP contribution is -2.03. The van der Waals surface area contributed by atoms with Crippen molar-refractivity contribution in [3.05, 3.63) is 21.8 Å². The fraction of sp³-hybridized carbons (Fsp3) is 0.417. The Kier molecular flexibility index (Phi) is 2.79. The standard InChI is InChI=1S/C12H11BrN2O3S/c1-12(2)7(8(12)11(16)17)10-14-9(15-18-10)5-3-4-6(13)19-5/h3-4,7-8H,1-2H3,(H,16,17). The largest absolute Gasteiger partial charge is 0.481 e. The Bertz CT molecular complexity index is 649. The van der Waals surface area contributed by atoms with E-state index < -0.39 is 11.9 Å². The minimum absolute atomic E-state index is 0.199. The Balaban J connectivity index is 1.89. The van der Waals surface area contributed by atoms with Gasteiger partial charge in [-0.1, -0.05) is 19.0 Å². The highest BCUT2D eigenvalue weighted by molar-refractivity contribution is 9.11. The van der Waals surface area contributed by atoms with E-state index in [1.807, 2.05) is 26.0 Å². The number of carboxylic acid groups (broad SMARTS) is 1. The molecule has 2 aromatic rings. The van der Waals surface area contributed by atoms with Crippen LogP contribution in [-0.4, -0.2) is 21.2 Å². The molecule has 0 amide bonds. The molecule has 100 valence electrons. The Hall–Kier alpha value is -1.21. The smallest absolute Gasteiger partial charge is 0.307 e. The highest BCUT2D eigenvalue weighted by Crippen LogP contribution is 2.64. The van der Waals surface area contributed by atoms with E-state index in [2.05, 4.69) is 26.1 Å². The van der Waals surface area contributed by atoms with Crippen molar-refractivity contribution in [1.82, 2.24) is 10.1 Å². The fourth-order valence-corrected chi connectivity index (χ4v) is 3.77. The quantitative estimate of drug-likeness (QED) is 0.925. The molecule has 0 saturated heterocycles. The zero-order chi connectivity index (χ0) is 13.8. The van der Waals surface area contributed by atoms with Crippen LogP contribution in [0.25, 0.3) is 10.7 Å². The molecular formula is C12H11BrN2O3S. The first-order chi connectivity index (χ1) is 8.91. The van der Waals surface area contributed by atoms with Gasteiger partial charge in [0.15, 0.2) is 0 Å².